The zero-order valence-corrected chi connectivity index (χ0v) is 23.4. The van der Waals surface area contributed by atoms with E-state index in [4.69, 9.17) is 4.98 Å². The molecule has 9 nitrogen and oxygen atoms in total. The van der Waals surface area contributed by atoms with Gasteiger partial charge in [0, 0.05) is 92.2 Å². The zero-order valence-electron chi connectivity index (χ0n) is 23.4. The third-order valence-electron chi connectivity index (χ3n) is 8.43. The van der Waals surface area contributed by atoms with Crippen LogP contribution in [0.4, 0.5) is 20.2 Å². The minimum atomic E-state index is -1.33. The molecule has 1 aliphatic carbocycles. The fraction of sp³-hybridized carbons (Fsp3) is 0.333. The molecule has 1 aromatic carbocycles. The van der Waals surface area contributed by atoms with Crippen molar-refractivity contribution in [3.8, 4) is 22.3 Å². The highest BCUT2D eigenvalue weighted by Gasteiger charge is 2.38. The van der Waals surface area contributed by atoms with Gasteiger partial charge < -0.3 is 24.8 Å². The molecule has 41 heavy (non-hydrogen) atoms. The van der Waals surface area contributed by atoms with Crippen molar-refractivity contribution < 1.29 is 18.7 Å². The van der Waals surface area contributed by atoms with Crippen molar-refractivity contribution in [1.29, 1.82) is 0 Å². The van der Waals surface area contributed by atoms with E-state index in [-0.39, 0.29) is 28.5 Å². The standard InChI is InChI=1S/C30H30F2N6O3/c1-14-11-38(13-23(14)36(3)4)27-18(15-6-17-28(39)19(30(40)41)12-37(5)29(17)35-9-15)10-34-22-7-16-21(33-2)8-20(31)26(32)24(16)25(22)27/h6,8-10,12,14,23,33H,7,11,13H2,1-5H3,(H,40,41)/t14-,23-/m0/s1. The number of halogens is 2. The molecule has 1 fully saturated rings. The number of aromatic nitrogens is 3. The summed E-state index contributed by atoms with van der Waals surface area (Å²) in [5.41, 5.74) is 3.66. The van der Waals surface area contributed by atoms with Gasteiger partial charge in [-0.3, -0.25) is 9.78 Å². The number of carbonyl (C=O) groups is 1. The Hall–Kier alpha value is -4.38. The van der Waals surface area contributed by atoms with Crippen molar-refractivity contribution in [2.75, 3.05) is 44.4 Å². The summed E-state index contributed by atoms with van der Waals surface area (Å²) in [5.74, 6) is -2.91. The van der Waals surface area contributed by atoms with E-state index in [1.807, 2.05) is 14.1 Å². The molecule has 0 radical (unpaired) electrons. The van der Waals surface area contributed by atoms with Crippen LogP contribution >= 0.6 is 0 Å². The Labute approximate surface area is 235 Å². The Morgan fingerprint density at radius 1 is 1.15 bits per heavy atom. The maximum atomic E-state index is 15.6. The van der Waals surface area contributed by atoms with Gasteiger partial charge in [0.25, 0.3) is 0 Å². The van der Waals surface area contributed by atoms with Gasteiger partial charge in [-0.15, -0.1) is 0 Å². The van der Waals surface area contributed by atoms with Gasteiger partial charge in [0.2, 0.25) is 5.43 Å². The van der Waals surface area contributed by atoms with Crippen LogP contribution in [0.25, 0.3) is 33.3 Å². The lowest BCUT2D eigenvalue weighted by Gasteiger charge is -2.27. The number of aryl methyl sites for hydroxylation is 1. The average Bonchev–Trinajstić information content (AvgIpc) is 3.52. The summed E-state index contributed by atoms with van der Waals surface area (Å²) < 4.78 is 32.0. The van der Waals surface area contributed by atoms with Crippen molar-refractivity contribution in [2.24, 2.45) is 13.0 Å². The van der Waals surface area contributed by atoms with Crippen LogP contribution in [0.1, 0.15) is 28.5 Å². The van der Waals surface area contributed by atoms with Gasteiger partial charge in [-0.2, -0.15) is 0 Å². The van der Waals surface area contributed by atoms with Crippen LogP contribution in [0.3, 0.4) is 0 Å². The Bertz CT molecular complexity index is 1820. The van der Waals surface area contributed by atoms with Crippen LogP contribution in [0.15, 0.2) is 35.5 Å². The Morgan fingerprint density at radius 3 is 2.56 bits per heavy atom. The Kier molecular flexibility index (Phi) is 6.29. The fourth-order valence-electron chi connectivity index (χ4n) is 6.44. The number of benzene rings is 1. The molecule has 0 unspecified atom stereocenters. The molecule has 0 saturated carbocycles. The molecule has 6 rings (SSSR count). The summed E-state index contributed by atoms with van der Waals surface area (Å²) in [6.07, 6.45) is 4.89. The lowest BCUT2D eigenvalue weighted by molar-refractivity contribution is 0.0695. The monoisotopic (exact) mass is 560 g/mol. The summed E-state index contributed by atoms with van der Waals surface area (Å²) >= 11 is 0. The topological polar surface area (TPSA) is 104 Å². The van der Waals surface area contributed by atoms with E-state index in [1.54, 1.807) is 32.6 Å². The molecule has 2 atom stereocenters. The second kappa shape index (κ2) is 9.62. The van der Waals surface area contributed by atoms with Gasteiger partial charge in [-0.25, -0.2) is 18.6 Å². The van der Waals surface area contributed by atoms with Crippen LogP contribution in [-0.2, 0) is 13.5 Å². The quantitative estimate of drug-likeness (QED) is 0.333. The summed E-state index contributed by atoms with van der Waals surface area (Å²) in [5, 5.41) is 12.7. The summed E-state index contributed by atoms with van der Waals surface area (Å²) in [7, 11) is 7.35. The third kappa shape index (κ3) is 4.06. The number of anilines is 2. The normalized spacial score (nSPS) is 17.8. The summed E-state index contributed by atoms with van der Waals surface area (Å²) in [4.78, 5) is 38.5. The van der Waals surface area contributed by atoms with E-state index < -0.39 is 23.0 Å². The van der Waals surface area contributed by atoms with Gasteiger partial charge in [0.05, 0.1) is 16.8 Å². The maximum absolute atomic E-state index is 15.6. The van der Waals surface area contributed by atoms with Crippen molar-refractivity contribution in [2.45, 2.75) is 19.4 Å². The first-order valence-electron chi connectivity index (χ1n) is 13.4. The Morgan fingerprint density at radius 2 is 1.90 bits per heavy atom. The maximum Gasteiger partial charge on any atom is 0.341 e. The highest BCUT2D eigenvalue weighted by Crippen LogP contribution is 2.50. The highest BCUT2D eigenvalue weighted by atomic mass is 19.2. The van der Waals surface area contributed by atoms with Gasteiger partial charge in [-0.05, 0) is 31.6 Å². The molecule has 1 aliphatic heterocycles. The third-order valence-corrected chi connectivity index (χ3v) is 8.43. The van der Waals surface area contributed by atoms with E-state index in [0.717, 1.165) is 0 Å². The van der Waals surface area contributed by atoms with Crippen molar-refractivity contribution in [3.05, 3.63) is 69.4 Å². The molecule has 4 heterocycles. The molecule has 0 amide bonds. The van der Waals surface area contributed by atoms with Crippen LogP contribution in [0, 0.1) is 17.6 Å². The molecule has 0 spiro atoms. The predicted molar refractivity (Wildman–Crippen MR) is 154 cm³/mol. The lowest BCUT2D eigenvalue weighted by atomic mass is 9.97. The lowest BCUT2D eigenvalue weighted by Crippen LogP contribution is -2.34. The second-order valence-electron chi connectivity index (χ2n) is 11.1. The number of fused-ring (bicyclic) bond motifs is 4. The first-order chi connectivity index (χ1) is 19.5. The number of hydrogen-bond donors (Lipinski definition) is 2. The average molecular weight is 561 g/mol. The van der Waals surface area contributed by atoms with Crippen LogP contribution in [0.5, 0.6) is 0 Å². The van der Waals surface area contributed by atoms with Gasteiger partial charge >= 0.3 is 5.97 Å². The molecular formula is C30H30F2N6O3. The Balaban J connectivity index is 1.65. The van der Waals surface area contributed by atoms with Gasteiger partial charge in [-0.1, -0.05) is 6.92 Å². The molecule has 1 saturated heterocycles. The molecule has 2 N–H and O–H groups in total. The van der Waals surface area contributed by atoms with Gasteiger partial charge in [0.15, 0.2) is 11.6 Å². The SMILES string of the molecule is CNc1cc(F)c(F)c2c1Cc1ncc(-c3cnc4c(c3)c(=O)c(C(=O)O)cn4C)c(N3C[C@H](C)[C@@H](N(C)C)C3)c1-2. The van der Waals surface area contributed by atoms with E-state index in [2.05, 4.69) is 27.0 Å². The van der Waals surface area contributed by atoms with Crippen molar-refractivity contribution in [3.63, 3.8) is 0 Å². The highest BCUT2D eigenvalue weighted by molar-refractivity contribution is 5.98. The van der Waals surface area contributed by atoms with Crippen LogP contribution < -0.4 is 15.6 Å². The zero-order chi connectivity index (χ0) is 29.3. The minimum Gasteiger partial charge on any atom is -0.477 e. The number of carboxylic acids is 1. The number of aromatic carboxylic acids is 1. The predicted octanol–water partition coefficient (Wildman–Crippen LogP) is 3.97. The second-order valence-corrected chi connectivity index (χ2v) is 11.1. The van der Waals surface area contributed by atoms with E-state index in [9.17, 15) is 19.1 Å². The minimum absolute atomic E-state index is 0.146. The van der Waals surface area contributed by atoms with E-state index in [1.165, 1.54) is 16.8 Å². The first kappa shape index (κ1) is 26.8. The smallest absolute Gasteiger partial charge is 0.341 e. The number of pyridine rings is 3. The summed E-state index contributed by atoms with van der Waals surface area (Å²) in [6.45, 7) is 3.48. The number of carboxylic acid groups (broad SMARTS) is 1. The van der Waals surface area contributed by atoms with Crippen molar-refractivity contribution in [1.82, 2.24) is 19.4 Å². The van der Waals surface area contributed by atoms with E-state index in [0.29, 0.717) is 64.5 Å². The molecule has 2 aliphatic rings. The molecule has 0 bridgehead atoms. The first-order valence-corrected chi connectivity index (χ1v) is 13.4. The van der Waals surface area contributed by atoms with Crippen LogP contribution in [-0.4, -0.2) is 70.8 Å². The summed E-state index contributed by atoms with van der Waals surface area (Å²) in [6, 6.07) is 3.01. The number of rotatable bonds is 5. The molecule has 212 valence electrons. The van der Waals surface area contributed by atoms with Gasteiger partial charge in [0.1, 0.15) is 11.2 Å². The largest absolute Gasteiger partial charge is 0.477 e. The molecular weight excluding hydrogens is 530 g/mol. The van der Waals surface area contributed by atoms with E-state index >= 15 is 4.39 Å². The molecule has 4 aromatic rings. The van der Waals surface area contributed by atoms with Crippen molar-refractivity contribution >= 4 is 28.4 Å². The molecule has 3 aromatic heterocycles. The number of likely N-dealkylation sites (N-methyl/N-ethyl adjacent to an activating group) is 1. The number of hydrogen-bond acceptors (Lipinski definition) is 7. The molecule has 11 heteroatoms. The fourth-order valence-corrected chi connectivity index (χ4v) is 6.44. The number of nitrogens with one attached hydrogen (secondary N) is 1. The number of nitrogens with zero attached hydrogens (tertiary/aromatic N) is 5. The van der Waals surface area contributed by atoms with Crippen LogP contribution in [0.2, 0.25) is 0 Å².